The molecule has 1 aromatic heterocycles. The Bertz CT molecular complexity index is 3990. The van der Waals surface area contributed by atoms with Crippen molar-refractivity contribution in [2.45, 2.75) is 226 Å². The number of urea groups is 2. The Morgan fingerprint density at radius 1 is 0.645 bits per heavy atom. The van der Waals surface area contributed by atoms with E-state index in [1.165, 1.54) is 58.2 Å². The van der Waals surface area contributed by atoms with Gasteiger partial charge in [0.2, 0.25) is 29.5 Å². The van der Waals surface area contributed by atoms with Crippen molar-refractivity contribution in [1.82, 2.24) is 68.6 Å². The van der Waals surface area contributed by atoms with Gasteiger partial charge < -0.3 is 92.7 Å². The SMILES string of the molecule is CCCC(=O)OCC(C(=O)[C@@H](NC(=O)[C@H]1CCCCN1C)C(C)CC)[C@H](C[C@@H](OC(C)=O)c1nc(C(=O)N[C@@H](Cc2ccc(O)cc2)C[C@H](C)C(=O)NNC(=O)OCCSSC[C@@H](C)NC(=O)[C@H](CC(=O)O)NC(=O)[C@H](CC(=O)O)NC(=O)Cc2ccc(CNC(=O)NCCCC[C@H](NC(=O)N[C@@H](CCC(=O)O)C(=O)O)C(=O)O)cc2)cs1)C(C)C. The molecule has 42 heteroatoms. The summed E-state index contributed by atoms with van der Waals surface area (Å²) in [6, 6.07) is 1.39. The smallest absolute Gasteiger partial charge is 0.426 e. The second kappa shape index (κ2) is 53.7. The number of amides is 11. The first kappa shape index (κ1) is 102. The van der Waals surface area contributed by atoms with Gasteiger partial charge in [0.15, 0.2) is 11.9 Å². The van der Waals surface area contributed by atoms with Crippen LogP contribution in [0.4, 0.5) is 14.4 Å². The van der Waals surface area contributed by atoms with Crippen molar-refractivity contribution in [3.05, 3.63) is 81.3 Å². The number of ether oxygens (including phenoxy) is 3. The maximum absolute atomic E-state index is 15.1. The van der Waals surface area contributed by atoms with E-state index >= 15 is 4.79 Å². The number of carbonyl (C=O) groups excluding carboxylic acids is 12. The lowest BCUT2D eigenvalue weighted by atomic mass is 9.74. The molecule has 1 saturated heterocycles. The number of unbranched alkanes of at least 4 members (excludes halogenated alkanes) is 1. The first-order chi connectivity index (χ1) is 57.3. The van der Waals surface area contributed by atoms with Gasteiger partial charge in [0.1, 0.15) is 53.8 Å². The van der Waals surface area contributed by atoms with Crippen LogP contribution in [0.1, 0.15) is 190 Å². The third kappa shape index (κ3) is 39.0. The second-order valence-electron chi connectivity index (χ2n) is 29.9. The van der Waals surface area contributed by atoms with Crippen LogP contribution in [0.5, 0.6) is 5.75 Å². The zero-order valence-corrected chi connectivity index (χ0v) is 71.7. The number of hydrazine groups is 1. The number of carbonyl (C=O) groups is 17. The highest BCUT2D eigenvalue weighted by Crippen LogP contribution is 2.37. The first-order valence-corrected chi connectivity index (χ1v) is 43.2. The fourth-order valence-electron chi connectivity index (χ4n) is 12.8. The maximum Gasteiger partial charge on any atom is 0.426 e. The number of thiazole rings is 1. The molecule has 39 nitrogen and oxygen atoms in total. The molecule has 1 fully saturated rings. The average molecular weight is 1760 g/mol. The molecular weight excluding hydrogens is 1640 g/mol. The predicted octanol–water partition coefficient (Wildman–Crippen LogP) is 4.87. The molecule has 2 heterocycles. The van der Waals surface area contributed by atoms with Gasteiger partial charge in [0, 0.05) is 67.7 Å². The molecule has 17 N–H and O–H groups in total. The average Bonchev–Trinajstić information content (AvgIpc) is 1.80. The van der Waals surface area contributed by atoms with Crippen LogP contribution >= 0.6 is 32.9 Å². The number of phenols is 1. The number of aliphatic carboxylic acids is 5. The molecule has 0 saturated carbocycles. The van der Waals surface area contributed by atoms with Gasteiger partial charge in [-0.25, -0.2) is 34.4 Å². The number of esters is 2. The van der Waals surface area contributed by atoms with E-state index in [0.717, 1.165) is 30.7 Å². The fourth-order valence-corrected chi connectivity index (χ4v) is 15.8. The summed E-state index contributed by atoms with van der Waals surface area (Å²) in [6.45, 7) is 14.1. The predicted molar refractivity (Wildman–Crippen MR) is 442 cm³/mol. The highest BCUT2D eigenvalue weighted by Gasteiger charge is 2.42. The summed E-state index contributed by atoms with van der Waals surface area (Å²) >= 11 is 1.04. The lowest BCUT2D eigenvalue weighted by Gasteiger charge is -2.36. The Morgan fingerprint density at radius 2 is 1.27 bits per heavy atom. The number of benzene rings is 2. The number of nitrogens with zero attached hydrogens (tertiary/aromatic N) is 2. The van der Waals surface area contributed by atoms with Crippen molar-refractivity contribution in [3.8, 4) is 5.75 Å². The highest BCUT2D eigenvalue weighted by molar-refractivity contribution is 8.76. The number of aromatic nitrogens is 1. The van der Waals surface area contributed by atoms with Gasteiger partial charge in [0.05, 0.1) is 37.3 Å². The molecule has 0 radical (unpaired) electrons. The largest absolute Gasteiger partial charge is 0.508 e. The van der Waals surface area contributed by atoms with E-state index in [9.17, 15) is 102 Å². The number of rotatable bonds is 54. The van der Waals surface area contributed by atoms with Crippen molar-refractivity contribution < 1.29 is 126 Å². The summed E-state index contributed by atoms with van der Waals surface area (Å²) in [5.41, 5.74) is 6.10. The van der Waals surface area contributed by atoms with Crippen LogP contribution in [0.25, 0.3) is 0 Å². The quantitative estimate of drug-likeness (QED) is 0.0118. The number of hydrogen-bond donors (Lipinski definition) is 17. The van der Waals surface area contributed by atoms with E-state index in [1.807, 2.05) is 51.9 Å². The number of likely N-dealkylation sites (N-methyl/N-ethyl adjacent to an activating group) is 1. The zero-order chi connectivity index (χ0) is 90.0. The van der Waals surface area contributed by atoms with Crippen LogP contribution in [0.2, 0.25) is 0 Å². The van der Waals surface area contributed by atoms with Crippen LogP contribution in [-0.2, 0) is 95.9 Å². The number of carboxylic acid groups (broad SMARTS) is 5. The van der Waals surface area contributed by atoms with Gasteiger partial charge in [-0.2, -0.15) is 0 Å². The Balaban J connectivity index is 1.26. The van der Waals surface area contributed by atoms with E-state index < -0.39 is 187 Å². The Morgan fingerprint density at radius 3 is 1.88 bits per heavy atom. The molecule has 0 bridgehead atoms. The van der Waals surface area contributed by atoms with Crippen LogP contribution in [0, 0.1) is 29.6 Å². The number of hydrogen-bond acceptors (Lipinski definition) is 26. The Labute approximate surface area is 712 Å². The number of piperidine rings is 1. The first-order valence-electron chi connectivity index (χ1n) is 39.8. The minimum atomic E-state index is -1.76. The van der Waals surface area contributed by atoms with Gasteiger partial charge >= 0.3 is 59.9 Å². The third-order valence-corrected chi connectivity index (χ3v) is 23.1. The molecule has 2 unspecified atom stereocenters. The molecular formula is C79H115N13O26S3. The monoisotopic (exact) mass is 1760 g/mol. The summed E-state index contributed by atoms with van der Waals surface area (Å²) in [4.78, 5) is 225. The lowest BCUT2D eigenvalue weighted by Crippen LogP contribution is -2.56. The maximum atomic E-state index is 15.1. The second-order valence-corrected chi connectivity index (χ2v) is 33.4. The van der Waals surface area contributed by atoms with Gasteiger partial charge in [-0.3, -0.25) is 67.9 Å². The van der Waals surface area contributed by atoms with Gasteiger partial charge in [-0.15, -0.1) is 11.3 Å². The summed E-state index contributed by atoms with van der Waals surface area (Å²) in [7, 11) is 4.32. The molecule has 4 rings (SSSR count). The van der Waals surface area contributed by atoms with Crippen molar-refractivity contribution in [3.63, 3.8) is 0 Å². The summed E-state index contributed by atoms with van der Waals surface area (Å²) in [5, 5.41) is 81.2. The minimum Gasteiger partial charge on any atom is -0.508 e. The number of aromatic hydroxyl groups is 1. The molecule has 1 aliphatic rings. The van der Waals surface area contributed by atoms with Crippen LogP contribution in [-0.4, -0.2) is 235 Å². The fraction of sp³-hybridized carbons (Fsp3) is 0.595. The number of nitrogens with one attached hydrogen (secondary N) is 11. The highest BCUT2D eigenvalue weighted by atomic mass is 33.1. The Hall–Kier alpha value is -10.9. The molecule has 1 aliphatic heterocycles. The topological polar surface area (TPSA) is 588 Å². The van der Waals surface area contributed by atoms with Gasteiger partial charge in [-0.05, 0) is 131 Å². The van der Waals surface area contributed by atoms with Crippen LogP contribution in [0.15, 0.2) is 53.9 Å². The van der Waals surface area contributed by atoms with E-state index in [2.05, 4.69) is 58.4 Å². The van der Waals surface area contributed by atoms with Crippen molar-refractivity contribution >= 4 is 134 Å². The summed E-state index contributed by atoms with van der Waals surface area (Å²) in [5.74, 6) is -15.9. The number of Topliss-reactive ketones (excluding diaryl/α,β-unsaturated/α-hetero) is 1. The summed E-state index contributed by atoms with van der Waals surface area (Å²) in [6.07, 6.45) is -1.20. The molecule has 670 valence electrons. The van der Waals surface area contributed by atoms with Crippen molar-refractivity contribution in [1.29, 1.82) is 0 Å². The molecule has 3 aromatic rings. The molecule has 121 heavy (non-hydrogen) atoms. The van der Waals surface area contributed by atoms with E-state index in [1.54, 1.807) is 38.1 Å². The molecule has 0 aliphatic carbocycles. The van der Waals surface area contributed by atoms with Crippen LogP contribution in [0.3, 0.4) is 0 Å². The van der Waals surface area contributed by atoms with Crippen LogP contribution < -0.4 is 58.7 Å². The molecule has 13 atom stereocenters. The third-order valence-electron chi connectivity index (χ3n) is 19.6. The standard InChI is InChI=1S/C79H115N13O26S3/c1-10-16-66(102)117-40-54(68(103)67(44(5)11-2)89-73(108)60-18-13-15-30-92(60)9)53(43(3)4)36-61(118-47(8)93)74-86-59(42-119-74)72(107)83-51(34-48-23-25-52(94)26-24-48)33-45(6)69(104)90-91-79(115)116-31-32-120-121-41-46(7)82-70(105)58(38-65(100)101)85-71(106)57(37-64(98)99)84-62(95)35-49-19-21-50(22-20-49)39-81-77(113)80-29-14-12-17-55(75(109)110)87-78(114)88-56(76(111)112)27-28-63(96)97/h19-26,42-46,51,53-58,60-61,67,94H,10-18,27-41H2,1-9H3,(H,82,105)(H,83,107)(H,84,95)(H,85,106)(H,89,108)(H,90,104)(H,91,115)(H,96,97)(H,98,99)(H,100,101)(H,109,110)(H,111,112)(H2,80,81,113)(H2,87,88,114)/t44?,45-,46+,51+,53+,54?,55-,56-,57-,58-,60+,61+,67-/m0/s1. The van der Waals surface area contributed by atoms with E-state index in [-0.39, 0.29) is 129 Å². The normalized spacial score (nSPS) is 15.6. The van der Waals surface area contributed by atoms with Gasteiger partial charge in [-0.1, -0.05) is 112 Å². The lowest BCUT2D eigenvalue weighted by molar-refractivity contribution is -0.151. The number of carboxylic acids is 5. The van der Waals surface area contributed by atoms with Crippen molar-refractivity contribution in [2.24, 2.45) is 29.6 Å². The number of likely N-dealkylation sites (tertiary alicyclic amines) is 1. The van der Waals surface area contributed by atoms with Gasteiger partial charge in [0.25, 0.3) is 5.91 Å². The molecule has 2 aromatic carbocycles. The summed E-state index contributed by atoms with van der Waals surface area (Å²) < 4.78 is 16.9. The number of ketones is 1. The van der Waals surface area contributed by atoms with Crippen molar-refractivity contribution in [2.75, 3.05) is 44.9 Å². The Kier molecular flexibility index (Phi) is 45.5. The van der Waals surface area contributed by atoms with E-state index in [4.69, 9.17) is 19.3 Å². The number of phenolic OH excluding ortho intramolecular Hbond substituents is 1. The molecule has 11 amide bonds. The zero-order valence-electron chi connectivity index (χ0n) is 69.2. The molecule has 0 spiro atoms. The minimum absolute atomic E-state index is 0.00544. The van der Waals surface area contributed by atoms with E-state index in [0.29, 0.717) is 36.0 Å².